The Labute approximate surface area is 198 Å². The summed E-state index contributed by atoms with van der Waals surface area (Å²) in [6, 6.07) is 21.4. The van der Waals surface area contributed by atoms with Gasteiger partial charge in [-0.25, -0.2) is 0 Å². The fraction of sp³-hybridized carbons (Fsp3) is 0.259. The number of benzene rings is 2. The zero-order chi connectivity index (χ0) is 21.7. The summed E-state index contributed by atoms with van der Waals surface area (Å²) in [5, 5.41) is 5.40. The molecule has 5 nitrogen and oxygen atoms in total. The van der Waals surface area contributed by atoms with Gasteiger partial charge in [0.15, 0.2) is 0 Å². The lowest BCUT2D eigenvalue weighted by atomic mass is 9.84. The monoisotopic (exact) mass is 459 g/mol. The fourth-order valence-electron chi connectivity index (χ4n) is 5.36. The molecule has 6 heteroatoms. The molecule has 2 bridgehead atoms. The highest BCUT2D eigenvalue weighted by Gasteiger charge is 2.35. The van der Waals surface area contributed by atoms with E-state index in [1.165, 1.54) is 0 Å². The average molecular weight is 460 g/mol. The Kier molecular flexibility index (Phi) is 5.69. The van der Waals surface area contributed by atoms with Gasteiger partial charge >= 0.3 is 0 Å². The van der Waals surface area contributed by atoms with Crippen LogP contribution in [0.15, 0.2) is 72.9 Å². The highest BCUT2D eigenvalue weighted by molar-refractivity contribution is 6.13. The van der Waals surface area contributed by atoms with Crippen molar-refractivity contribution in [3.63, 3.8) is 0 Å². The lowest BCUT2D eigenvalue weighted by molar-refractivity contribution is 0.0621. The number of fused-ring (bicyclic) bond motifs is 5. The smallest absolute Gasteiger partial charge is 0.253 e. The predicted molar refractivity (Wildman–Crippen MR) is 132 cm³/mol. The largest absolute Gasteiger partial charge is 0.348 e. The van der Waals surface area contributed by atoms with E-state index < -0.39 is 0 Å². The average Bonchev–Trinajstić information content (AvgIpc) is 3.24. The molecule has 3 aliphatic rings. The van der Waals surface area contributed by atoms with Crippen LogP contribution in [0, 0.1) is 5.92 Å². The lowest BCUT2D eigenvalue weighted by Crippen LogP contribution is -2.57. The number of hydrogen-bond donors (Lipinski definition) is 1. The number of nitrogens with zero attached hydrogens (tertiary/aromatic N) is 2. The van der Waals surface area contributed by atoms with Gasteiger partial charge in [-0.1, -0.05) is 42.5 Å². The Morgan fingerprint density at radius 2 is 1.64 bits per heavy atom. The molecule has 4 aromatic rings. The van der Waals surface area contributed by atoms with E-state index in [9.17, 15) is 9.59 Å². The van der Waals surface area contributed by atoms with E-state index in [1.54, 1.807) is 6.07 Å². The van der Waals surface area contributed by atoms with Crippen molar-refractivity contribution in [2.45, 2.75) is 18.9 Å². The van der Waals surface area contributed by atoms with Crippen molar-refractivity contribution >= 4 is 40.4 Å². The van der Waals surface area contributed by atoms with Gasteiger partial charge in [0.05, 0.1) is 16.8 Å². The van der Waals surface area contributed by atoms with Crippen LogP contribution < -0.4 is 5.32 Å². The van der Waals surface area contributed by atoms with E-state index in [1.807, 2.05) is 71.3 Å². The van der Waals surface area contributed by atoms with Crippen LogP contribution in [0.2, 0.25) is 0 Å². The van der Waals surface area contributed by atoms with Crippen LogP contribution in [0.3, 0.4) is 0 Å². The molecule has 0 spiro atoms. The van der Waals surface area contributed by atoms with Gasteiger partial charge in [-0.2, -0.15) is 0 Å². The number of ketones is 1. The Morgan fingerprint density at radius 3 is 2.39 bits per heavy atom. The topological polar surface area (TPSA) is 53.8 Å². The van der Waals surface area contributed by atoms with Crippen molar-refractivity contribution < 1.29 is 9.59 Å². The number of nitrogens with one attached hydrogen (secondary N) is 1. The van der Waals surface area contributed by atoms with Crippen molar-refractivity contribution in [3.8, 4) is 0 Å². The second-order valence-electron chi connectivity index (χ2n) is 9.01. The summed E-state index contributed by atoms with van der Waals surface area (Å²) in [4.78, 5) is 29.2. The third-order valence-corrected chi connectivity index (χ3v) is 7.14. The minimum Gasteiger partial charge on any atom is -0.348 e. The number of carbonyl (C=O) groups is 2. The van der Waals surface area contributed by atoms with Crippen molar-refractivity contribution in [2.24, 2.45) is 5.92 Å². The number of hydrogen-bond acceptors (Lipinski definition) is 3. The highest BCUT2D eigenvalue weighted by atomic mass is 35.5. The van der Waals surface area contributed by atoms with Crippen molar-refractivity contribution in [2.75, 3.05) is 19.6 Å². The van der Waals surface area contributed by atoms with Gasteiger partial charge in [-0.15, -0.1) is 12.4 Å². The maximum atomic E-state index is 13.5. The molecule has 5 heterocycles. The first-order valence-electron chi connectivity index (χ1n) is 11.3. The number of pyridine rings is 1. The summed E-state index contributed by atoms with van der Waals surface area (Å²) in [5.74, 6) is 0.375. The third-order valence-electron chi connectivity index (χ3n) is 7.14. The van der Waals surface area contributed by atoms with Gasteiger partial charge in [0, 0.05) is 24.3 Å². The molecule has 1 N–H and O–H groups in total. The molecule has 1 amide bonds. The van der Waals surface area contributed by atoms with E-state index in [4.69, 9.17) is 0 Å². The predicted octanol–water partition coefficient (Wildman–Crippen LogP) is 4.57. The second-order valence-corrected chi connectivity index (χ2v) is 9.01. The Balaban J connectivity index is 0.00000228. The summed E-state index contributed by atoms with van der Waals surface area (Å²) in [5.41, 5.74) is 2.45. The summed E-state index contributed by atoms with van der Waals surface area (Å²) >= 11 is 0. The van der Waals surface area contributed by atoms with E-state index in [0.29, 0.717) is 22.7 Å². The molecule has 0 unspecified atom stereocenters. The maximum absolute atomic E-state index is 13.5. The molecule has 2 aromatic heterocycles. The molecule has 0 saturated carbocycles. The molecule has 2 aromatic carbocycles. The summed E-state index contributed by atoms with van der Waals surface area (Å²) in [6.07, 6.45) is 4.15. The standard InChI is InChI=1S/C27H25N3O2.ClH/c31-26(21-9-8-18-5-1-2-6-20(18)15-21)25-16-22(24-7-3-4-12-30(24)25)27(32)28-23-17-29-13-10-19(23)11-14-29;/h1-9,12,15-16,19,23H,10-11,13-14,17H2,(H,28,32);1H/t23-;/m0./s1. The van der Waals surface area contributed by atoms with Crippen LogP contribution in [0.5, 0.6) is 0 Å². The van der Waals surface area contributed by atoms with Gasteiger partial charge in [0.1, 0.15) is 0 Å². The number of amides is 1. The Hall–Kier alpha value is -3.15. The second kappa shape index (κ2) is 8.65. The molecule has 168 valence electrons. The van der Waals surface area contributed by atoms with Gasteiger partial charge in [0.2, 0.25) is 5.78 Å². The van der Waals surface area contributed by atoms with Crippen LogP contribution >= 0.6 is 12.4 Å². The van der Waals surface area contributed by atoms with E-state index in [0.717, 1.165) is 48.8 Å². The van der Waals surface area contributed by atoms with E-state index in [-0.39, 0.29) is 30.1 Å². The molecular weight excluding hydrogens is 434 g/mol. The number of halogens is 1. The summed E-state index contributed by atoms with van der Waals surface area (Å²) < 4.78 is 1.84. The molecule has 3 fully saturated rings. The van der Waals surface area contributed by atoms with Crippen LogP contribution in [0.4, 0.5) is 0 Å². The molecule has 3 aliphatic heterocycles. The molecule has 7 rings (SSSR count). The summed E-state index contributed by atoms with van der Waals surface area (Å²) in [7, 11) is 0. The molecule has 0 radical (unpaired) electrons. The highest BCUT2D eigenvalue weighted by Crippen LogP contribution is 2.28. The molecule has 33 heavy (non-hydrogen) atoms. The Bertz CT molecular complexity index is 1350. The maximum Gasteiger partial charge on any atom is 0.253 e. The number of rotatable bonds is 4. The first-order chi connectivity index (χ1) is 15.7. The Morgan fingerprint density at radius 1 is 0.879 bits per heavy atom. The third kappa shape index (κ3) is 3.81. The zero-order valence-corrected chi connectivity index (χ0v) is 19.1. The fourth-order valence-corrected chi connectivity index (χ4v) is 5.36. The number of carbonyl (C=O) groups excluding carboxylic acids is 2. The number of aromatic nitrogens is 1. The van der Waals surface area contributed by atoms with Crippen LogP contribution in [-0.2, 0) is 0 Å². The molecule has 0 aliphatic carbocycles. The lowest BCUT2D eigenvalue weighted by Gasteiger charge is -2.44. The first kappa shape index (κ1) is 21.7. The van der Waals surface area contributed by atoms with Gasteiger partial charge in [-0.3, -0.25) is 9.59 Å². The molecule has 1 atom stereocenters. The zero-order valence-electron chi connectivity index (χ0n) is 18.2. The number of piperidine rings is 3. The minimum absolute atomic E-state index is 0. The molecular formula is C27H26ClN3O2. The normalized spacial score (nSPS) is 21.6. The van der Waals surface area contributed by atoms with Crippen LogP contribution in [-0.4, -0.2) is 46.7 Å². The van der Waals surface area contributed by atoms with Gasteiger partial charge in [0.25, 0.3) is 5.91 Å². The van der Waals surface area contributed by atoms with E-state index >= 15 is 0 Å². The van der Waals surface area contributed by atoms with Gasteiger partial charge < -0.3 is 14.6 Å². The quantitative estimate of drug-likeness (QED) is 0.455. The van der Waals surface area contributed by atoms with Crippen molar-refractivity contribution in [1.29, 1.82) is 0 Å². The van der Waals surface area contributed by atoms with E-state index in [2.05, 4.69) is 10.2 Å². The van der Waals surface area contributed by atoms with Crippen molar-refractivity contribution in [3.05, 3.63) is 89.7 Å². The molecule has 3 saturated heterocycles. The first-order valence-corrected chi connectivity index (χ1v) is 11.3. The summed E-state index contributed by atoms with van der Waals surface area (Å²) in [6.45, 7) is 3.19. The minimum atomic E-state index is -0.0926. The van der Waals surface area contributed by atoms with Crippen LogP contribution in [0.1, 0.15) is 39.3 Å². The van der Waals surface area contributed by atoms with Crippen molar-refractivity contribution in [1.82, 2.24) is 14.6 Å². The SMILES string of the molecule is Cl.O=C(N[C@H]1CN2CCC1CC2)c1cc(C(=O)c2ccc3ccccc3c2)n2ccccc12. The van der Waals surface area contributed by atoms with Gasteiger partial charge in [-0.05, 0) is 66.9 Å². The van der Waals surface area contributed by atoms with Crippen LogP contribution in [0.25, 0.3) is 16.3 Å².